The first-order valence-corrected chi connectivity index (χ1v) is 6.55. The van der Waals surface area contributed by atoms with E-state index < -0.39 is 0 Å². The maximum absolute atomic E-state index is 9.45. The fraction of sp³-hybridized carbons (Fsp3) is 1.00. The molecule has 1 heterocycles. The van der Waals surface area contributed by atoms with Crippen molar-refractivity contribution < 1.29 is 5.11 Å². The summed E-state index contributed by atoms with van der Waals surface area (Å²) < 4.78 is 0. The quantitative estimate of drug-likeness (QED) is 0.746. The van der Waals surface area contributed by atoms with Gasteiger partial charge >= 0.3 is 0 Å². The van der Waals surface area contributed by atoms with Crippen molar-refractivity contribution in [2.45, 2.75) is 45.6 Å². The number of nitrogens with one attached hydrogen (secondary N) is 1. The monoisotopic (exact) mass is 211 g/mol. The molecule has 0 aromatic carbocycles. The van der Waals surface area contributed by atoms with Crippen LogP contribution in [0.4, 0.5) is 0 Å². The molecule has 2 fully saturated rings. The summed E-state index contributed by atoms with van der Waals surface area (Å²) in [6, 6.07) is 0.560. The van der Waals surface area contributed by atoms with E-state index in [4.69, 9.17) is 0 Å². The van der Waals surface area contributed by atoms with Gasteiger partial charge in [-0.05, 0) is 55.9 Å². The molecule has 15 heavy (non-hydrogen) atoms. The summed E-state index contributed by atoms with van der Waals surface area (Å²) in [5.41, 5.74) is 0. The third-order valence-corrected chi connectivity index (χ3v) is 4.07. The third kappa shape index (κ3) is 2.94. The lowest BCUT2D eigenvalue weighted by atomic mass is 9.80. The third-order valence-electron chi connectivity index (χ3n) is 4.07. The van der Waals surface area contributed by atoms with Crippen LogP contribution in [-0.4, -0.2) is 24.3 Å². The van der Waals surface area contributed by atoms with Crippen molar-refractivity contribution in [3.63, 3.8) is 0 Å². The molecule has 2 aliphatic rings. The lowest BCUT2D eigenvalue weighted by Gasteiger charge is -2.37. The first-order valence-electron chi connectivity index (χ1n) is 6.55. The average molecular weight is 211 g/mol. The maximum atomic E-state index is 9.45. The Kier molecular flexibility index (Phi) is 3.68. The second-order valence-electron chi connectivity index (χ2n) is 5.92. The molecule has 0 spiro atoms. The number of piperidine rings is 1. The molecule has 0 radical (unpaired) electrons. The maximum Gasteiger partial charge on any atom is 0.0474 e. The average Bonchev–Trinajstić information content (AvgIpc) is 3.01. The van der Waals surface area contributed by atoms with Gasteiger partial charge in [0.25, 0.3) is 0 Å². The Hall–Kier alpha value is -0.0800. The van der Waals surface area contributed by atoms with E-state index in [1.54, 1.807) is 0 Å². The van der Waals surface area contributed by atoms with Crippen LogP contribution in [0.2, 0.25) is 0 Å². The van der Waals surface area contributed by atoms with Crippen LogP contribution in [0.5, 0.6) is 0 Å². The van der Waals surface area contributed by atoms with E-state index in [2.05, 4.69) is 19.2 Å². The minimum Gasteiger partial charge on any atom is -0.396 e. The Balaban J connectivity index is 1.85. The molecule has 0 aromatic heterocycles. The van der Waals surface area contributed by atoms with Crippen molar-refractivity contribution in [1.82, 2.24) is 5.32 Å². The molecule has 2 N–H and O–H groups in total. The summed E-state index contributed by atoms with van der Waals surface area (Å²) in [4.78, 5) is 0. The summed E-state index contributed by atoms with van der Waals surface area (Å²) in [5.74, 6) is 3.07. The standard InChI is InChI=1S/C13H25NO/c1-9(2)5-13-12(8-15)6-11(7-14-13)10-3-4-10/h9-15H,3-8H2,1-2H3. The lowest BCUT2D eigenvalue weighted by molar-refractivity contribution is 0.113. The summed E-state index contributed by atoms with van der Waals surface area (Å²) >= 11 is 0. The van der Waals surface area contributed by atoms with Crippen LogP contribution in [0, 0.1) is 23.7 Å². The molecule has 3 unspecified atom stereocenters. The predicted molar refractivity (Wildman–Crippen MR) is 62.7 cm³/mol. The molecule has 2 nitrogen and oxygen atoms in total. The molecular weight excluding hydrogens is 186 g/mol. The van der Waals surface area contributed by atoms with Crippen LogP contribution in [0.15, 0.2) is 0 Å². The second kappa shape index (κ2) is 4.84. The van der Waals surface area contributed by atoms with Gasteiger partial charge in [0.05, 0.1) is 0 Å². The molecule has 3 atom stereocenters. The van der Waals surface area contributed by atoms with Gasteiger partial charge in [0.1, 0.15) is 0 Å². The molecule has 2 heteroatoms. The van der Waals surface area contributed by atoms with Crippen molar-refractivity contribution >= 4 is 0 Å². The van der Waals surface area contributed by atoms with Crippen LogP contribution in [-0.2, 0) is 0 Å². The van der Waals surface area contributed by atoms with Gasteiger partial charge in [-0.25, -0.2) is 0 Å². The first-order chi connectivity index (χ1) is 7.20. The minimum absolute atomic E-state index is 0.369. The summed E-state index contributed by atoms with van der Waals surface area (Å²) in [6.45, 7) is 6.10. The largest absolute Gasteiger partial charge is 0.396 e. The van der Waals surface area contributed by atoms with E-state index in [1.165, 1.54) is 32.2 Å². The van der Waals surface area contributed by atoms with Crippen LogP contribution < -0.4 is 5.32 Å². The zero-order valence-electron chi connectivity index (χ0n) is 10.1. The zero-order chi connectivity index (χ0) is 10.8. The van der Waals surface area contributed by atoms with Gasteiger partial charge in [0.2, 0.25) is 0 Å². The summed E-state index contributed by atoms with van der Waals surface area (Å²) in [7, 11) is 0. The Morgan fingerprint density at radius 2 is 2.00 bits per heavy atom. The van der Waals surface area contributed by atoms with Crippen molar-refractivity contribution in [3.8, 4) is 0 Å². The Bertz CT molecular complexity index is 201. The topological polar surface area (TPSA) is 32.3 Å². The highest BCUT2D eigenvalue weighted by molar-refractivity contribution is 4.92. The first kappa shape index (κ1) is 11.4. The van der Waals surface area contributed by atoms with Crippen molar-refractivity contribution in [2.24, 2.45) is 23.7 Å². The number of aliphatic hydroxyl groups excluding tert-OH is 1. The van der Waals surface area contributed by atoms with Crippen LogP contribution >= 0.6 is 0 Å². The van der Waals surface area contributed by atoms with Crippen molar-refractivity contribution in [1.29, 1.82) is 0 Å². The number of hydrogen-bond donors (Lipinski definition) is 2. The van der Waals surface area contributed by atoms with Gasteiger partial charge in [-0.2, -0.15) is 0 Å². The van der Waals surface area contributed by atoms with E-state index in [1.807, 2.05) is 0 Å². The van der Waals surface area contributed by atoms with Crippen LogP contribution in [0.3, 0.4) is 0 Å². The van der Waals surface area contributed by atoms with Gasteiger partial charge in [-0.3, -0.25) is 0 Å². The van der Waals surface area contributed by atoms with Crippen molar-refractivity contribution in [2.75, 3.05) is 13.2 Å². The van der Waals surface area contributed by atoms with Gasteiger partial charge in [0, 0.05) is 12.6 Å². The molecule has 0 aromatic rings. The number of aliphatic hydroxyl groups is 1. The van der Waals surface area contributed by atoms with E-state index in [0.29, 0.717) is 18.6 Å². The highest BCUT2D eigenvalue weighted by Gasteiger charge is 2.37. The SMILES string of the molecule is CC(C)CC1NCC(C2CC2)CC1CO. The van der Waals surface area contributed by atoms with E-state index in [-0.39, 0.29) is 0 Å². The molecule has 0 amide bonds. The molecule has 1 aliphatic heterocycles. The van der Waals surface area contributed by atoms with E-state index in [9.17, 15) is 5.11 Å². The summed E-state index contributed by atoms with van der Waals surface area (Å²) in [5, 5.41) is 13.1. The molecular formula is C13H25NO. The Morgan fingerprint density at radius 1 is 1.27 bits per heavy atom. The fourth-order valence-corrected chi connectivity index (χ4v) is 3.02. The van der Waals surface area contributed by atoms with Crippen molar-refractivity contribution in [3.05, 3.63) is 0 Å². The Morgan fingerprint density at radius 3 is 2.53 bits per heavy atom. The number of rotatable bonds is 4. The lowest BCUT2D eigenvalue weighted by Crippen LogP contribution is -2.47. The normalized spacial score (nSPS) is 37.2. The zero-order valence-corrected chi connectivity index (χ0v) is 10.1. The smallest absolute Gasteiger partial charge is 0.0474 e. The van der Waals surface area contributed by atoms with Gasteiger partial charge in [-0.15, -0.1) is 0 Å². The Labute approximate surface area is 93.5 Å². The second-order valence-corrected chi connectivity index (χ2v) is 5.92. The summed E-state index contributed by atoms with van der Waals surface area (Å²) in [6.07, 6.45) is 5.33. The predicted octanol–water partition coefficient (Wildman–Crippen LogP) is 2.03. The fourth-order valence-electron chi connectivity index (χ4n) is 3.02. The van der Waals surface area contributed by atoms with E-state index >= 15 is 0 Å². The molecule has 1 saturated heterocycles. The molecule has 1 aliphatic carbocycles. The van der Waals surface area contributed by atoms with Crippen LogP contribution in [0.25, 0.3) is 0 Å². The van der Waals surface area contributed by atoms with E-state index in [0.717, 1.165) is 17.8 Å². The van der Waals surface area contributed by atoms with Gasteiger partial charge < -0.3 is 10.4 Å². The van der Waals surface area contributed by atoms with Gasteiger partial charge in [0.15, 0.2) is 0 Å². The van der Waals surface area contributed by atoms with Crippen LogP contribution in [0.1, 0.15) is 39.5 Å². The minimum atomic E-state index is 0.369. The highest BCUT2D eigenvalue weighted by atomic mass is 16.3. The van der Waals surface area contributed by atoms with Gasteiger partial charge in [-0.1, -0.05) is 13.8 Å². The molecule has 2 rings (SSSR count). The molecule has 0 bridgehead atoms. The molecule has 88 valence electrons. The highest BCUT2D eigenvalue weighted by Crippen LogP contribution is 2.41. The molecule has 1 saturated carbocycles. The number of hydrogen-bond acceptors (Lipinski definition) is 2.